The van der Waals surface area contributed by atoms with Crippen LogP contribution in [0.15, 0.2) is 45.8 Å². The summed E-state index contributed by atoms with van der Waals surface area (Å²) in [5.74, 6) is -0.182. The maximum Gasteiger partial charge on any atom is 0.238 e. The molecule has 0 atom stereocenters. The maximum atomic E-state index is 13.7. The zero-order chi connectivity index (χ0) is 15.6. The molecule has 0 heterocycles. The molecule has 4 nitrogen and oxygen atoms in total. The fourth-order valence-corrected chi connectivity index (χ4v) is 2.97. The first-order valence-electron chi connectivity index (χ1n) is 5.67. The van der Waals surface area contributed by atoms with E-state index in [1.165, 1.54) is 24.3 Å². The predicted molar refractivity (Wildman–Crippen MR) is 81.3 cm³/mol. The van der Waals surface area contributed by atoms with E-state index in [0.29, 0.717) is 15.8 Å². The first-order chi connectivity index (χ1) is 9.79. The quantitative estimate of drug-likeness (QED) is 0.863. The molecule has 2 N–H and O–H groups in total. The second-order valence-electron chi connectivity index (χ2n) is 4.14. The van der Waals surface area contributed by atoms with Gasteiger partial charge in [-0.15, -0.1) is 0 Å². The van der Waals surface area contributed by atoms with Gasteiger partial charge in [0.2, 0.25) is 10.0 Å². The number of hydrogen-bond donors (Lipinski definition) is 1. The second kappa shape index (κ2) is 6.31. The number of rotatable bonds is 4. The summed E-state index contributed by atoms with van der Waals surface area (Å²) in [6, 6.07) is 8.67. The van der Waals surface area contributed by atoms with Gasteiger partial charge in [-0.2, -0.15) is 0 Å². The van der Waals surface area contributed by atoms with Crippen molar-refractivity contribution in [3.8, 4) is 5.75 Å². The maximum absolute atomic E-state index is 13.7. The fourth-order valence-electron chi connectivity index (χ4n) is 1.59. The summed E-state index contributed by atoms with van der Waals surface area (Å²) in [5, 5.41) is 5.04. The standard InChI is InChI=1S/C13H10BrClFNO3S/c14-10-6-9(21(17,18)19)4-5-12(10)20-7-8-2-1-3-11(15)13(8)16/h1-6H,7H2,(H2,17,18,19). The first kappa shape index (κ1) is 16.2. The van der Waals surface area contributed by atoms with Crippen molar-refractivity contribution in [2.75, 3.05) is 0 Å². The summed E-state index contributed by atoms with van der Waals surface area (Å²) in [6.07, 6.45) is 0. The molecule has 0 aliphatic rings. The third-order valence-electron chi connectivity index (χ3n) is 2.65. The molecule has 0 fully saturated rings. The molecular formula is C13H10BrClFNO3S. The fraction of sp³-hybridized carbons (Fsp3) is 0.0769. The number of benzene rings is 2. The van der Waals surface area contributed by atoms with Gasteiger partial charge >= 0.3 is 0 Å². The smallest absolute Gasteiger partial charge is 0.238 e. The van der Waals surface area contributed by atoms with Crippen molar-refractivity contribution in [2.24, 2.45) is 5.14 Å². The van der Waals surface area contributed by atoms with Crippen LogP contribution in [0.2, 0.25) is 5.02 Å². The Balaban J connectivity index is 2.19. The van der Waals surface area contributed by atoms with Gasteiger partial charge in [-0.1, -0.05) is 23.7 Å². The van der Waals surface area contributed by atoms with Crippen LogP contribution in [0.4, 0.5) is 4.39 Å². The van der Waals surface area contributed by atoms with Crippen LogP contribution in [-0.4, -0.2) is 8.42 Å². The molecule has 2 aromatic carbocycles. The Labute approximate surface area is 134 Å². The SMILES string of the molecule is NS(=O)(=O)c1ccc(OCc2cccc(Cl)c2F)c(Br)c1. The molecule has 0 saturated carbocycles. The van der Waals surface area contributed by atoms with Crippen LogP contribution in [0.25, 0.3) is 0 Å². The van der Waals surface area contributed by atoms with Crippen molar-refractivity contribution in [1.29, 1.82) is 0 Å². The van der Waals surface area contributed by atoms with Gasteiger partial charge in [-0.05, 0) is 40.2 Å². The Hall–Kier alpha value is -1.15. The van der Waals surface area contributed by atoms with Crippen LogP contribution < -0.4 is 9.88 Å². The highest BCUT2D eigenvalue weighted by Crippen LogP contribution is 2.28. The number of nitrogens with two attached hydrogens (primary N) is 1. The van der Waals surface area contributed by atoms with Crippen LogP contribution in [0.3, 0.4) is 0 Å². The molecule has 0 aliphatic heterocycles. The van der Waals surface area contributed by atoms with E-state index in [1.807, 2.05) is 0 Å². The molecule has 8 heteroatoms. The second-order valence-corrected chi connectivity index (χ2v) is 6.96. The van der Waals surface area contributed by atoms with Crippen LogP contribution in [-0.2, 0) is 16.6 Å². The number of primary sulfonamides is 1. The van der Waals surface area contributed by atoms with Crippen LogP contribution in [0.5, 0.6) is 5.75 Å². The molecule has 2 aromatic rings. The number of hydrogen-bond acceptors (Lipinski definition) is 3. The van der Waals surface area contributed by atoms with Crippen molar-refractivity contribution in [3.05, 3.63) is 57.3 Å². The predicted octanol–water partition coefficient (Wildman–Crippen LogP) is 3.47. The number of halogens is 3. The summed E-state index contributed by atoms with van der Waals surface area (Å²) in [7, 11) is -3.78. The lowest BCUT2D eigenvalue weighted by Crippen LogP contribution is -2.12. The van der Waals surface area contributed by atoms with Crippen molar-refractivity contribution >= 4 is 37.6 Å². The van der Waals surface area contributed by atoms with Gasteiger partial charge in [0.15, 0.2) is 0 Å². The van der Waals surface area contributed by atoms with E-state index in [-0.39, 0.29) is 16.5 Å². The highest BCUT2D eigenvalue weighted by atomic mass is 79.9. The molecule has 21 heavy (non-hydrogen) atoms. The summed E-state index contributed by atoms with van der Waals surface area (Å²) < 4.78 is 42.0. The lowest BCUT2D eigenvalue weighted by molar-refractivity contribution is 0.298. The number of ether oxygens (including phenoxy) is 1. The van der Waals surface area contributed by atoms with Gasteiger partial charge in [0.25, 0.3) is 0 Å². The van der Waals surface area contributed by atoms with Gasteiger partial charge in [-0.25, -0.2) is 17.9 Å². The van der Waals surface area contributed by atoms with E-state index in [0.717, 1.165) is 0 Å². The van der Waals surface area contributed by atoms with Gasteiger partial charge in [0.1, 0.15) is 18.2 Å². The monoisotopic (exact) mass is 393 g/mol. The highest BCUT2D eigenvalue weighted by Gasteiger charge is 2.12. The average Bonchev–Trinajstić information content (AvgIpc) is 2.40. The molecule has 0 aliphatic carbocycles. The lowest BCUT2D eigenvalue weighted by Gasteiger charge is -2.10. The van der Waals surface area contributed by atoms with Gasteiger partial charge in [0, 0.05) is 5.56 Å². The van der Waals surface area contributed by atoms with Crippen LogP contribution in [0.1, 0.15) is 5.56 Å². The van der Waals surface area contributed by atoms with Crippen molar-refractivity contribution < 1.29 is 17.5 Å². The molecule has 0 bridgehead atoms. The largest absolute Gasteiger partial charge is 0.488 e. The third kappa shape index (κ3) is 3.94. The molecule has 0 unspecified atom stereocenters. The number of sulfonamides is 1. The van der Waals surface area contributed by atoms with Gasteiger partial charge in [0.05, 0.1) is 14.4 Å². The van der Waals surface area contributed by atoms with E-state index in [9.17, 15) is 12.8 Å². The molecule has 2 rings (SSSR count). The molecule has 0 radical (unpaired) electrons. The minimum Gasteiger partial charge on any atom is -0.488 e. The molecule has 0 amide bonds. The lowest BCUT2D eigenvalue weighted by atomic mass is 10.2. The van der Waals surface area contributed by atoms with E-state index in [4.69, 9.17) is 21.5 Å². The normalized spacial score (nSPS) is 11.4. The van der Waals surface area contributed by atoms with E-state index in [1.54, 1.807) is 12.1 Å². The van der Waals surface area contributed by atoms with E-state index < -0.39 is 15.8 Å². The van der Waals surface area contributed by atoms with Crippen molar-refractivity contribution in [3.63, 3.8) is 0 Å². The summed E-state index contributed by atoms with van der Waals surface area (Å²) in [4.78, 5) is -0.0457. The molecule has 0 aromatic heterocycles. The van der Waals surface area contributed by atoms with Crippen LogP contribution >= 0.6 is 27.5 Å². The Bertz CT molecular complexity index is 783. The van der Waals surface area contributed by atoms with Gasteiger partial charge in [-0.3, -0.25) is 0 Å². The minimum absolute atomic E-state index is 0.0136. The Morgan fingerprint density at radius 1 is 1.29 bits per heavy atom. The minimum atomic E-state index is -3.78. The first-order valence-corrected chi connectivity index (χ1v) is 8.39. The zero-order valence-electron chi connectivity index (χ0n) is 10.5. The summed E-state index contributed by atoms with van der Waals surface area (Å²) in [5.41, 5.74) is 0.296. The Morgan fingerprint density at radius 3 is 2.62 bits per heavy atom. The highest BCUT2D eigenvalue weighted by molar-refractivity contribution is 9.10. The third-order valence-corrected chi connectivity index (χ3v) is 4.47. The zero-order valence-corrected chi connectivity index (χ0v) is 13.7. The molecule has 0 spiro atoms. The summed E-state index contributed by atoms with van der Waals surface area (Å²) >= 11 is 8.86. The molecule has 0 saturated heterocycles. The molecule has 112 valence electrons. The summed E-state index contributed by atoms with van der Waals surface area (Å²) in [6.45, 7) is -0.0419. The average molecular weight is 395 g/mol. The van der Waals surface area contributed by atoms with Crippen molar-refractivity contribution in [2.45, 2.75) is 11.5 Å². The van der Waals surface area contributed by atoms with E-state index >= 15 is 0 Å². The Kier molecular flexibility index (Phi) is 4.88. The van der Waals surface area contributed by atoms with Gasteiger partial charge < -0.3 is 4.74 Å². The van der Waals surface area contributed by atoms with Crippen LogP contribution in [0, 0.1) is 5.82 Å². The Morgan fingerprint density at radius 2 is 2.00 bits per heavy atom. The van der Waals surface area contributed by atoms with E-state index in [2.05, 4.69) is 15.9 Å². The molecular weight excluding hydrogens is 385 g/mol. The topological polar surface area (TPSA) is 69.4 Å². The van der Waals surface area contributed by atoms with Crippen molar-refractivity contribution in [1.82, 2.24) is 0 Å².